The molecular weight excluding hydrogens is 434 g/mol. The van der Waals surface area contributed by atoms with Gasteiger partial charge in [-0.25, -0.2) is 4.98 Å². The number of halogens is 1. The molecule has 1 aliphatic heterocycles. The number of anilines is 1. The minimum atomic E-state index is -0.238. The lowest BCUT2D eigenvalue weighted by atomic mass is 9.97. The van der Waals surface area contributed by atoms with Crippen LogP contribution >= 0.6 is 22.9 Å². The molecule has 3 heterocycles. The van der Waals surface area contributed by atoms with E-state index in [0.717, 1.165) is 29.1 Å². The molecule has 7 nitrogen and oxygen atoms in total. The minimum Gasteiger partial charge on any atom is -0.342 e. The lowest BCUT2D eigenvalue weighted by Crippen LogP contribution is -2.38. The third kappa shape index (κ3) is 4.97. The molecule has 2 amide bonds. The molecule has 0 unspecified atom stereocenters. The second kappa shape index (κ2) is 9.20. The lowest BCUT2D eigenvalue weighted by molar-refractivity contribution is -0.131. The quantitative estimate of drug-likeness (QED) is 0.627. The van der Waals surface area contributed by atoms with Crippen molar-refractivity contribution in [1.82, 2.24) is 19.7 Å². The maximum atomic E-state index is 12.7. The first-order chi connectivity index (χ1) is 14.9. The van der Waals surface area contributed by atoms with E-state index in [1.165, 1.54) is 11.3 Å². The standard InChI is InChI=1S/C22H24ClN5O2S/c1-14-11-19(27(2)26-14)25-21(30)18-13-31-22(24-18)15-7-9-28(10-8-15)20(29)12-16-5-3-4-6-17(16)23/h3-6,11,13,15H,7-10,12H2,1-2H3,(H,25,30). The van der Waals surface area contributed by atoms with Crippen LogP contribution in [-0.2, 0) is 18.3 Å². The third-order valence-corrected chi connectivity index (χ3v) is 6.87. The summed E-state index contributed by atoms with van der Waals surface area (Å²) in [6, 6.07) is 9.28. The number of amides is 2. The summed E-state index contributed by atoms with van der Waals surface area (Å²) in [7, 11) is 1.79. The number of carbonyl (C=O) groups is 2. The monoisotopic (exact) mass is 457 g/mol. The summed E-state index contributed by atoms with van der Waals surface area (Å²) in [5, 5.41) is 10.5. The highest BCUT2D eigenvalue weighted by atomic mass is 35.5. The van der Waals surface area contributed by atoms with Crippen molar-refractivity contribution in [3.05, 3.63) is 62.7 Å². The number of likely N-dealkylation sites (tertiary alicyclic amines) is 1. The van der Waals surface area contributed by atoms with E-state index in [-0.39, 0.29) is 17.7 Å². The predicted octanol–water partition coefficient (Wildman–Crippen LogP) is 4.04. The molecule has 1 N–H and O–H groups in total. The van der Waals surface area contributed by atoms with Crippen LogP contribution < -0.4 is 5.32 Å². The Bertz CT molecular complexity index is 1100. The van der Waals surface area contributed by atoms with E-state index in [4.69, 9.17) is 11.6 Å². The highest BCUT2D eigenvalue weighted by Gasteiger charge is 2.26. The summed E-state index contributed by atoms with van der Waals surface area (Å²) in [6.07, 6.45) is 1.99. The van der Waals surface area contributed by atoms with Crippen LogP contribution in [0.5, 0.6) is 0 Å². The number of carbonyl (C=O) groups excluding carboxylic acids is 2. The Morgan fingerprint density at radius 1 is 1.26 bits per heavy atom. The van der Waals surface area contributed by atoms with Gasteiger partial charge in [-0.05, 0) is 31.4 Å². The molecule has 0 spiro atoms. The molecule has 1 fully saturated rings. The molecule has 31 heavy (non-hydrogen) atoms. The predicted molar refractivity (Wildman–Crippen MR) is 122 cm³/mol. The summed E-state index contributed by atoms with van der Waals surface area (Å²) in [5.74, 6) is 0.757. The highest BCUT2D eigenvalue weighted by molar-refractivity contribution is 7.10. The highest BCUT2D eigenvalue weighted by Crippen LogP contribution is 2.31. The smallest absolute Gasteiger partial charge is 0.276 e. The third-order valence-electron chi connectivity index (χ3n) is 5.49. The van der Waals surface area contributed by atoms with Crippen molar-refractivity contribution in [3.63, 3.8) is 0 Å². The van der Waals surface area contributed by atoms with E-state index in [2.05, 4.69) is 15.4 Å². The fourth-order valence-electron chi connectivity index (χ4n) is 3.78. The van der Waals surface area contributed by atoms with Crippen LogP contribution in [0.3, 0.4) is 0 Å². The summed E-state index contributed by atoms with van der Waals surface area (Å²) in [6.45, 7) is 3.24. The first kappa shape index (κ1) is 21.5. The lowest BCUT2D eigenvalue weighted by Gasteiger charge is -2.31. The van der Waals surface area contributed by atoms with Crippen LogP contribution in [0, 0.1) is 6.92 Å². The maximum Gasteiger partial charge on any atom is 0.276 e. The summed E-state index contributed by atoms with van der Waals surface area (Å²) >= 11 is 7.69. The van der Waals surface area contributed by atoms with Crippen LogP contribution in [0.25, 0.3) is 0 Å². The van der Waals surface area contributed by atoms with Gasteiger partial charge in [0, 0.05) is 42.5 Å². The topological polar surface area (TPSA) is 80.1 Å². The van der Waals surface area contributed by atoms with Crippen LogP contribution in [0.15, 0.2) is 35.7 Å². The van der Waals surface area contributed by atoms with E-state index in [0.29, 0.717) is 36.0 Å². The number of hydrogen-bond donors (Lipinski definition) is 1. The van der Waals surface area contributed by atoms with Crippen molar-refractivity contribution in [1.29, 1.82) is 0 Å². The van der Waals surface area contributed by atoms with Gasteiger partial charge in [0.05, 0.1) is 17.1 Å². The first-order valence-corrected chi connectivity index (χ1v) is 11.4. The SMILES string of the molecule is Cc1cc(NC(=O)c2csc(C3CCN(C(=O)Cc4ccccc4Cl)CC3)n2)n(C)n1. The molecule has 0 atom stereocenters. The van der Waals surface area contributed by atoms with Crippen LogP contribution in [0.4, 0.5) is 5.82 Å². The zero-order valence-electron chi connectivity index (χ0n) is 17.5. The number of aromatic nitrogens is 3. The molecule has 0 aliphatic carbocycles. The van der Waals surface area contributed by atoms with Gasteiger partial charge in [-0.15, -0.1) is 11.3 Å². The Morgan fingerprint density at radius 2 is 2.00 bits per heavy atom. The van der Waals surface area contributed by atoms with Gasteiger partial charge in [-0.2, -0.15) is 5.10 Å². The van der Waals surface area contributed by atoms with Crippen LogP contribution in [-0.4, -0.2) is 44.6 Å². The Balaban J connectivity index is 1.32. The zero-order valence-corrected chi connectivity index (χ0v) is 19.0. The van der Waals surface area contributed by atoms with E-state index in [9.17, 15) is 9.59 Å². The summed E-state index contributed by atoms with van der Waals surface area (Å²) in [5.41, 5.74) is 2.11. The van der Waals surface area contributed by atoms with Gasteiger partial charge in [0.2, 0.25) is 5.91 Å². The minimum absolute atomic E-state index is 0.0947. The van der Waals surface area contributed by atoms with E-state index >= 15 is 0 Å². The molecule has 2 aromatic heterocycles. The number of thiazole rings is 1. The molecule has 1 saturated heterocycles. The van der Waals surface area contributed by atoms with Crippen LogP contribution in [0.2, 0.25) is 5.02 Å². The van der Waals surface area contributed by atoms with Gasteiger partial charge >= 0.3 is 0 Å². The van der Waals surface area contributed by atoms with Gasteiger partial charge in [0.15, 0.2) is 0 Å². The van der Waals surface area contributed by atoms with Crippen molar-refractivity contribution in [2.75, 3.05) is 18.4 Å². The molecule has 0 radical (unpaired) electrons. The van der Waals surface area contributed by atoms with E-state index in [1.807, 2.05) is 42.2 Å². The van der Waals surface area contributed by atoms with Crippen LogP contribution in [0.1, 0.15) is 45.5 Å². The number of benzene rings is 1. The molecule has 1 aliphatic rings. The van der Waals surface area contributed by atoms with Crippen molar-refractivity contribution in [2.24, 2.45) is 7.05 Å². The zero-order chi connectivity index (χ0) is 22.0. The summed E-state index contributed by atoms with van der Waals surface area (Å²) < 4.78 is 1.63. The molecule has 0 bridgehead atoms. The van der Waals surface area contributed by atoms with Gasteiger partial charge in [0.25, 0.3) is 5.91 Å². The molecule has 4 rings (SSSR count). The largest absolute Gasteiger partial charge is 0.342 e. The number of nitrogens with zero attached hydrogens (tertiary/aromatic N) is 4. The molecule has 162 valence electrons. The molecular formula is C22H24ClN5O2S. The van der Waals surface area contributed by atoms with Crippen molar-refractivity contribution >= 4 is 40.6 Å². The second-order valence-corrected chi connectivity index (χ2v) is 9.04. The molecule has 1 aromatic carbocycles. The Kier molecular flexibility index (Phi) is 6.38. The first-order valence-electron chi connectivity index (χ1n) is 10.2. The number of piperidine rings is 1. The fraction of sp³-hybridized carbons (Fsp3) is 0.364. The average Bonchev–Trinajstić information content (AvgIpc) is 3.36. The van der Waals surface area contributed by atoms with Crippen molar-refractivity contribution < 1.29 is 9.59 Å². The number of rotatable bonds is 5. The summed E-state index contributed by atoms with van der Waals surface area (Å²) in [4.78, 5) is 31.7. The Hall–Kier alpha value is -2.71. The van der Waals surface area contributed by atoms with Gasteiger partial charge in [-0.1, -0.05) is 29.8 Å². The van der Waals surface area contributed by atoms with Gasteiger partial charge in [-0.3, -0.25) is 14.3 Å². The van der Waals surface area contributed by atoms with Gasteiger partial charge < -0.3 is 10.2 Å². The van der Waals surface area contributed by atoms with Crippen molar-refractivity contribution in [3.8, 4) is 0 Å². The average molecular weight is 458 g/mol. The van der Waals surface area contributed by atoms with Crippen molar-refractivity contribution in [2.45, 2.75) is 32.1 Å². The molecule has 0 saturated carbocycles. The Morgan fingerprint density at radius 3 is 2.68 bits per heavy atom. The van der Waals surface area contributed by atoms with E-state index < -0.39 is 0 Å². The number of aryl methyl sites for hydroxylation is 2. The maximum absolute atomic E-state index is 12.7. The number of hydrogen-bond acceptors (Lipinski definition) is 5. The second-order valence-electron chi connectivity index (χ2n) is 7.74. The van der Waals surface area contributed by atoms with Gasteiger partial charge in [0.1, 0.15) is 11.5 Å². The molecule has 3 aromatic rings. The fourth-order valence-corrected chi connectivity index (χ4v) is 4.95. The molecule has 9 heteroatoms. The van der Waals surface area contributed by atoms with E-state index in [1.54, 1.807) is 17.1 Å². The normalized spacial score (nSPS) is 14.6. The number of nitrogens with one attached hydrogen (secondary N) is 1. The Labute approximate surface area is 190 Å².